The van der Waals surface area contributed by atoms with Crippen LogP contribution >= 0.6 is 0 Å². The van der Waals surface area contributed by atoms with Crippen molar-refractivity contribution in [3.63, 3.8) is 0 Å². The third-order valence-corrected chi connectivity index (χ3v) is 5.10. The summed E-state index contributed by atoms with van der Waals surface area (Å²) >= 11 is 0. The molecule has 0 N–H and O–H groups in total. The molecule has 2 heterocycles. The molecule has 4 heteroatoms. The van der Waals surface area contributed by atoms with Gasteiger partial charge in [0.15, 0.2) is 0 Å². The highest BCUT2D eigenvalue weighted by Crippen LogP contribution is 2.30. The van der Waals surface area contributed by atoms with Gasteiger partial charge in [0.2, 0.25) is 5.91 Å². The van der Waals surface area contributed by atoms with Crippen molar-refractivity contribution in [3.8, 4) is 5.75 Å². The van der Waals surface area contributed by atoms with Gasteiger partial charge in [0, 0.05) is 31.0 Å². The summed E-state index contributed by atoms with van der Waals surface area (Å²) in [6.07, 6.45) is 1.54. The topological polar surface area (TPSA) is 42.7 Å². The molecule has 134 valence electrons. The van der Waals surface area contributed by atoms with Crippen molar-refractivity contribution in [2.75, 3.05) is 13.7 Å². The molecule has 1 unspecified atom stereocenters. The minimum Gasteiger partial charge on any atom is -0.492 e. The first kappa shape index (κ1) is 16.7. The highest BCUT2D eigenvalue weighted by atomic mass is 16.5. The summed E-state index contributed by atoms with van der Waals surface area (Å²) in [5.74, 6) is 1.83. The van der Waals surface area contributed by atoms with Crippen LogP contribution in [0, 0.1) is 5.92 Å². The Bertz CT molecular complexity index is 943. The van der Waals surface area contributed by atoms with Gasteiger partial charge in [-0.15, -0.1) is 0 Å². The number of rotatable bonds is 4. The van der Waals surface area contributed by atoms with Crippen molar-refractivity contribution in [1.29, 1.82) is 0 Å². The largest absolute Gasteiger partial charge is 0.492 e. The lowest BCUT2D eigenvalue weighted by atomic mass is 9.95. The summed E-state index contributed by atoms with van der Waals surface area (Å²) in [5.41, 5.74) is 3.10. The van der Waals surface area contributed by atoms with E-state index in [1.807, 2.05) is 49.5 Å². The molecular formula is C22H23NO3. The zero-order valence-corrected chi connectivity index (χ0v) is 15.2. The number of amides is 1. The normalized spacial score (nSPS) is 16.2. The summed E-state index contributed by atoms with van der Waals surface area (Å²) in [6.45, 7) is 3.07. The van der Waals surface area contributed by atoms with Crippen LogP contribution in [0.3, 0.4) is 0 Å². The van der Waals surface area contributed by atoms with Gasteiger partial charge in [-0.25, -0.2) is 0 Å². The molecule has 0 bridgehead atoms. The van der Waals surface area contributed by atoms with E-state index in [9.17, 15) is 4.79 Å². The minimum absolute atomic E-state index is 0.117. The van der Waals surface area contributed by atoms with E-state index in [1.54, 1.807) is 4.90 Å². The van der Waals surface area contributed by atoms with Crippen LogP contribution in [0.25, 0.3) is 11.0 Å². The van der Waals surface area contributed by atoms with Crippen LogP contribution in [-0.4, -0.2) is 24.5 Å². The summed E-state index contributed by atoms with van der Waals surface area (Å²) in [5, 5.41) is 1.09. The SMILES string of the molecule is CCc1oc2ccccc2c1CN(C)C(=O)C1COc2ccccc2C1. The molecule has 1 aromatic heterocycles. The quantitative estimate of drug-likeness (QED) is 0.709. The number of ether oxygens (including phenoxy) is 1. The van der Waals surface area contributed by atoms with Gasteiger partial charge in [-0.3, -0.25) is 4.79 Å². The molecule has 0 spiro atoms. The molecule has 1 atom stereocenters. The molecule has 0 radical (unpaired) electrons. The van der Waals surface area contributed by atoms with E-state index in [4.69, 9.17) is 9.15 Å². The van der Waals surface area contributed by atoms with Crippen LogP contribution in [0.15, 0.2) is 52.9 Å². The molecule has 0 fully saturated rings. The minimum atomic E-state index is -0.141. The lowest BCUT2D eigenvalue weighted by Crippen LogP contribution is -2.38. The number of nitrogens with zero attached hydrogens (tertiary/aromatic N) is 1. The Balaban J connectivity index is 1.54. The van der Waals surface area contributed by atoms with Crippen LogP contribution < -0.4 is 4.74 Å². The third kappa shape index (κ3) is 2.96. The summed E-state index contributed by atoms with van der Waals surface area (Å²) in [7, 11) is 1.87. The lowest BCUT2D eigenvalue weighted by Gasteiger charge is -2.28. The zero-order chi connectivity index (χ0) is 18.1. The van der Waals surface area contributed by atoms with Gasteiger partial charge < -0.3 is 14.1 Å². The number of carbonyl (C=O) groups is 1. The van der Waals surface area contributed by atoms with Gasteiger partial charge in [0.1, 0.15) is 23.7 Å². The molecule has 3 aromatic rings. The summed E-state index contributed by atoms with van der Waals surface area (Å²) in [4.78, 5) is 14.8. The Morgan fingerprint density at radius 2 is 1.92 bits per heavy atom. The van der Waals surface area contributed by atoms with Crippen molar-refractivity contribution in [2.24, 2.45) is 5.92 Å². The highest BCUT2D eigenvalue weighted by molar-refractivity contribution is 5.84. The van der Waals surface area contributed by atoms with Crippen LogP contribution in [0.2, 0.25) is 0 Å². The van der Waals surface area contributed by atoms with Gasteiger partial charge in [0.05, 0.1) is 5.92 Å². The van der Waals surface area contributed by atoms with Gasteiger partial charge in [0.25, 0.3) is 0 Å². The number of hydrogen-bond acceptors (Lipinski definition) is 3. The van der Waals surface area contributed by atoms with Crippen LogP contribution in [0.4, 0.5) is 0 Å². The molecule has 4 nitrogen and oxygen atoms in total. The molecule has 2 aromatic carbocycles. The first-order valence-corrected chi connectivity index (χ1v) is 9.12. The van der Waals surface area contributed by atoms with Crippen molar-refractivity contribution in [2.45, 2.75) is 26.3 Å². The standard InChI is InChI=1S/C22H23NO3/c1-3-19-18(17-9-5-7-11-21(17)26-19)13-23(2)22(24)16-12-15-8-4-6-10-20(15)25-14-16/h4-11,16H,3,12-14H2,1-2H3. The molecule has 1 aliphatic rings. The molecule has 0 saturated heterocycles. The maximum absolute atomic E-state index is 13.0. The predicted octanol–water partition coefficient (Wildman–Crippen LogP) is 4.20. The van der Waals surface area contributed by atoms with Crippen molar-refractivity contribution in [1.82, 2.24) is 4.90 Å². The van der Waals surface area contributed by atoms with Crippen molar-refractivity contribution < 1.29 is 13.9 Å². The van der Waals surface area contributed by atoms with E-state index in [0.29, 0.717) is 13.2 Å². The number of aryl methyl sites for hydroxylation is 1. The maximum Gasteiger partial charge on any atom is 0.229 e. The Morgan fingerprint density at radius 3 is 2.77 bits per heavy atom. The van der Waals surface area contributed by atoms with Crippen LogP contribution in [0.5, 0.6) is 5.75 Å². The van der Waals surface area contributed by atoms with Gasteiger partial charge in [-0.2, -0.15) is 0 Å². The van der Waals surface area contributed by atoms with Crippen LogP contribution in [0.1, 0.15) is 23.8 Å². The molecule has 26 heavy (non-hydrogen) atoms. The number of para-hydroxylation sites is 2. The molecule has 1 aliphatic heterocycles. The fraction of sp³-hybridized carbons (Fsp3) is 0.318. The van der Waals surface area contributed by atoms with E-state index >= 15 is 0 Å². The van der Waals surface area contributed by atoms with E-state index in [1.165, 1.54) is 0 Å². The van der Waals surface area contributed by atoms with Crippen LogP contribution in [-0.2, 0) is 24.2 Å². The monoisotopic (exact) mass is 349 g/mol. The molecule has 1 amide bonds. The number of fused-ring (bicyclic) bond motifs is 2. The van der Waals surface area contributed by atoms with Gasteiger partial charge in [-0.05, 0) is 24.1 Å². The second-order valence-electron chi connectivity index (χ2n) is 6.87. The zero-order valence-electron chi connectivity index (χ0n) is 15.2. The second kappa shape index (κ2) is 6.87. The molecular weight excluding hydrogens is 326 g/mol. The average Bonchev–Trinajstić information content (AvgIpc) is 3.04. The third-order valence-electron chi connectivity index (χ3n) is 5.10. The van der Waals surface area contributed by atoms with E-state index in [-0.39, 0.29) is 11.8 Å². The average molecular weight is 349 g/mol. The van der Waals surface area contributed by atoms with Gasteiger partial charge in [-0.1, -0.05) is 43.3 Å². The molecule has 0 saturated carbocycles. The predicted molar refractivity (Wildman–Crippen MR) is 101 cm³/mol. The fourth-order valence-corrected chi connectivity index (χ4v) is 3.72. The van der Waals surface area contributed by atoms with Gasteiger partial charge >= 0.3 is 0 Å². The van der Waals surface area contributed by atoms with E-state index < -0.39 is 0 Å². The second-order valence-corrected chi connectivity index (χ2v) is 6.87. The van der Waals surface area contributed by atoms with Crippen molar-refractivity contribution in [3.05, 3.63) is 65.4 Å². The number of hydrogen-bond donors (Lipinski definition) is 0. The Kier molecular flexibility index (Phi) is 4.41. The number of furan rings is 1. The smallest absolute Gasteiger partial charge is 0.229 e. The summed E-state index contributed by atoms with van der Waals surface area (Å²) in [6, 6.07) is 16.0. The highest BCUT2D eigenvalue weighted by Gasteiger charge is 2.29. The lowest BCUT2D eigenvalue weighted by molar-refractivity contribution is -0.136. The fourth-order valence-electron chi connectivity index (χ4n) is 3.72. The Hall–Kier alpha value is -2.75. The molecule has 4 rings (SSSR count). The first-order valence-electron chi connectivity index (χ1n) is 9.12. The number of carbonyl (C=O) groups excluding carboxylic acids is 1. The van der Waals surface area contributed by atoms with Crippen molar-refractivity contribution >= 4 is 16.9 Å². The first-order chi connectivity index (χ1) is 12.7. The Labute approximate surface area is 153 Å². The number of benzene rings is 2. The Morgan fingerprint density at radius 1 is 1.15 bits per heavy atom. The van der Waals surface area contributed by atoms with E-state index in [0.717, 1.165) is 46.4 Å². The van der Waals surface area contributed by atoms with E-state index in [2.05, 4.69) is 13.0 Å². The summed E-state index contributed by atoms with van der Waals surface area (Å²) < 4.78 is 11.7. The molecule has 0 aliphatic carbocycles. The maximum atomic E-state index is 13.0.